The number of hydrogen-bond acceptors (Lipinski definition) is 4. The smallest absolute Gasteiger partial charge is 0.206 e. The summed E-state index contributed by atoms with van der Waals surface area (Å²) in [6, 6.07) is 8.63. The van der Waals surface area contributed by atoms with E-state index < -0.39 is 0 Å². The number of rotatable bonds is 4. The Labute approximate surface area is 159 Å². The second kappa shape index (κ2) is 8.21. The van der Waals surface area contributed by atoms with Crippen LogP contribution in [0.1, 0.15) is 57.8 Å². The zero-order valence-corrected chi connectivity index (χ0v) is 16.3. The highest BCUT2D eigenvalue weighted by Crippen LogP contribution is 2.30. The van der Waals surface area contributed by atoms with Gasteiger partial charge in [0.1, 0.15) is 5.75 Å². The van der Waals surface area contributed by atoms with Crippen molar-refractivity contribution in [1.29, 1.82) is 0 Å². The summed E-state index contributed by atoms with van der Waals surface area (Å²) >= 11 is 1.70. The minimum absolute atomic E-state index is 0.447. The third-order valence-corrected chi connectivity index (χ3v) is 6.19. The van der Waals surface area contributed by atoms with Gasteiger partial charge in [0.15, 0.2) is 0 Å². The van der Waals surface area contributed by atoms with Gasteiger partial charge in [-0.3, -0.25) is 4.99 Å². The van der Waals surface area contributed by atoms with E-state index in [2.05, 4.69) is 22.2 Å². The lowest BCUT2D eigenvalue weighted by Gasteiger charge is -2.17. The van der Waals surface area contributed by atoms with E-state index in [0.717, 1.165) is 34.6 Å². The van der Waals surface area contributed by atoms with Crippen molar-refractivity contribution >= 4 is 17.0 Å². The van der Waals surface area contributed by atoms with Crippen molar-refractivity contribution < 1.29 is 4.74 Å². The molecule has 0 bridgehead atoms. The van der Waals surface area contributed by atoms with Gasteiger partial charge in [-0.15, -0.1) is 11.3 Å². The number of nitrogens with zero attached hydrogens (tertiary/aromatic N) is 3. The van der Waals surface area contributed by atoms with E-state index in [1.165, 1.54) is 50.7 Å². The first-order valence-corrected chi connectivity index (χ1v) is 10.7. The van der Waals surface area contributed by atoms with Crippen LogP contribution in [0.4, 0.5) is 0 Å². The summed E-state index contributed by atoms with van der Waals surface area (Å²) in [5, 5.41) is 7.21. The monoisotopic (exact) mass is 369 g/mol. The Balaban J connectivity index is 1.81. The van der Waals surface area contributed by atoms with Gasteiger partial charge < -0.3 is 4.74 Å². The maximum atomic E-state index is 5.60. The van der Waals surface area contributed by atoms with Crippen molar-refractivity contribution in [2.45, 2.75) is 63.8 Å². The van der Waals surface area contributed by atoms with Crippen LogP contribution < -0.4 is 9.54 Å². The normalized spacial score (nSPS) is 19.1. The van der Waals surface area contributed by atoms with Gasteiger partial charge in [0.2, 0.25) is 4.80 Å². The lowest BCUT2D eigenvalue weighted by atomic mass is 9.96. The van der Waals surface area contributed by atoms with E-state index in [1.54, 1.807) is 18.4 Å². The topological polar surface area (TPSA) is 38.9 Å². The van der Waals surface area contributed by atoms with Crippen LogP contribution in [-0.2, 0) is 0 Å². The number of para-hydroxylation sites is 1. The highest BCUT2D eigenvalue weighted by atomic mass is 32.1. The third kappa shape index (κ3) is 3.78. The molecule has 2 saturated carbocycles. The molecule has 2 fully saturated rings. The summed E-state index contributed by atoms with van der Waals surface area (Å²) in [5.41, 5.74) is 3.46. The molecule has 2 aliphatic carbocycles. The van der Waals surface area contributed by atoms with Crippen LogP contribution in [0.15, 0.2) is 39.7 Å². The lowest BCUT2D eigenvalue weighted by molar-refractivity contribution is 0.416. The van der Waals surface area contributed by atoms with Gasteiger partial charge in [0, 0.05) is 16.7 Å². The molecule has 0 aliphatic heterocycles. The van der Waals surface area contributed by atoms with E-state index in [0.29, 0.717) is 6.04 Å². The Morgan fingerprint density at radius 1 is 1.04 bits per heavy atom. The van der Waals surface area contributed by atoms with Crippen molar-refractivity contribution in [1.82, 2.24) is 4.68 Å². The molecule has 4 nitrogen and oxygen atoms in total. The quantitative estimate of drug-likeness (QED) is 0.726. The number of aromatic nitrogens is 1. The Morgan fingerprint density at radius 2 is 1.81 bits per heavy atom. The predicted molar refractivity (Wildman–Crippen MR) is 108 cm³/mol. The van der Waals surface area contributed by atoms with Crippen LogP contribution in [-0.4, -0.2) is 23.5 Å². The number of methoxy groups -OCH3 is 1. The molecule has 2 aliphatic rings. The van der Waals surface area contributed by atoms with Crippen LogP contribution in [0.25, 0.3) is 11.3 Å². The van der Waals surface area contributed by atoms with E-state index in [-0.39, 0.29) is 0 Å². The lowest BCUT2D eigenvalue weighted by Crippen LogP contribution is -2.19. The number of benzene rings is 1. The minimum Gasteiger partial charge on any atom is -0.496 e. The summed E-state index contributed by atoms with van der Waals surface area (Å²) in [7, 11) is 1.73. The fourth-order valence-electron chi connectivity index (χ4n) is 3.92. The summed E-state index contributed by atoms with van der Waals surface area (Å²) in [4.78, 5) is 6.12. The maximum Gasteiger partial charge on any atom is 0.206 e. The second-order valence-corrected chi connectivity index (χ2v) is 8.05. The highest BCUT2D eigenvalue weighted by molar-refractivity contribution is 7.07. The molecule has 4 rings (SSSR count). The van der Waals surface area contributed by atoms with Gasteiger partial charge in [0.25, 0.3) is 0 Å². The van der Waals surface area contributed by atoms with Crippen molar-refractivity contribution in [3.05, 3.63) is 34.4 Å². The highest BCUT2D eigenvalue weighted by Gasteiger charge is 2.17. The van der Waals surface area contributed by atoms with Crippen LogP contribution in [0.2, 0.25) is 0 Å². The SMILES string of the molecule is COc1ccccc1-c1csc(=NC2CCCCC2)n1N=C1CCCC1. The molecule has 0 radical (unpaired) electrons. The molecule has 138 valence electrons. The van der Waals surface area contributed by atoms with Gasteiger partial charge in [-0.25, -0.2) is 4.68 Å². The van der Waals surface area contributed by atoms with E-state index in [1.807, 2.05) is 12.1 Å². The standard InChI is InChI=1S/C21H27N3OS/c1-25-20-14-8-7-13-18(20)19-15-26-21(22-16-9-3-2-4-10-16)24(19)23-17-11-5-6-12-17/h7-8,13-16H,2-6,9-12H2,1H3. The molecule has 0 saturated heterocycles. The van der Waals surface area contributed by atoms with Crippen molar-refractivity contribution in [2.24, 2.45) is 10.1 Å². The molecule has 0 spiro atoms. The number of hydrogen-bond donors (Lipinski definition) is 0. The maximum absolute atomic E-state index is 5.60. The zero-order valence-electron chi connectivity index (χ0n) is 15.5. The zero-order chi connectivity index (χ0) is 17.8. The molecule has 1 aromatic carbocycles. The number of ether oxygens (including phenoxy) is 1. The molecule has 2 aromatic rings. The molecule has 1 heterocycles. The van der Waals surface area contributed by atoms with Crippen molar-refractivity contribution in [2.75, 3.05) is 7.11 Å². The molecule has 0 amide bonds. The fraction of sp³-hybridized carbons (Fsp3) is 0.524. The van der Waals surface area contributed by atoms with Crippen molar-refractivity contribution in [3.8, 4) is 17.0 Å². The summed E-state index contributed by atoms with van der Waals surface area (Å²) < 4.78 is 7.68. The summed E-state index contributed by atoms with van der Waals surface area (Å²) in [5.74, 6) is 0.884. The van der Waals surface area contributed by atoms with Crippen LogP contribution in [0, 0.1) is 0 Å². The van der Waals surface area contributed by atoms with E-state index in [4.69, 9.17) is 14.8 Å². The Morgan fingerprint density at radius 3 is 2.58 bits per heavy atom. The van der Waals surface area contributed by atoms with Crippen LogP contribution >= 0.6 is 11.3 Å². The molecule has 0 atom stereocenters. The summed E-state index contributed by atoms with van der Waals surface area (Å²) in [6.45, 7) is 0. The van der Waals surface area contributed by atoms with Gasteiger partial charge >= 0.3 is 0 Å². The molecule has 0 N–H and O–H groups in total. The second-order valence-electron chi connectivity index (χ2n) is 7.21. The molecule has 0 unspecified atom stereocenters. The molecule has 26 heavy (non-hydrogen) atoms. The Kier molecular flexibility index (Phi) is 5.54. The van der Waals surface area contributed by atoms with Crippen LogP contribution in [0.5, 0.6) is 5.75 Å². The van der Waals surface area contributed by atoms with Gasteiger partial charge in [0.05, 0.1) is 18.8 Å². The van der Waals surface area contributed by atoms with Gasteiger partial charge in [-0.2, -0.15) is 5.10 Å². The molecule has 1 aromatic heterocycles. The van der Waals surface area contributed by atoms with E-state index >= 15 is 0 Å². The summed E-state index contributed by atoms with van der Waals surface area (Å²) in [6.07, 6.45) is 11.1. The minimum atomic E-state index is 0.447. The first-order valence-electron chi connectivity index (χ1n) is 9.79. The fourth-order valence-corrected chi connectivity index (χ4v) is 4.81. The van der Waals surface area contributed by atoms with Crippen LogP contribution in [0.3, 0.4) is 0 Å². The largest absolute Gasteiger partial charge is 0.496 e. The first kappa shape index (κ1) is 17.5. The van der Waals surface area contributed by atoms with Gasteiger partial charge in [-0.1, -0.05) is 31.4 Å². The van der Waals surface area contributed by atoms with E-state index in [9.17, 15) is 0 Å². The third-order valence-electron chi connectivity index (χ3n) is 5.36. The predicted octanol–water partition coefficient (Wildman–Crippen LogP) is 5.24. The Hall–Kier alpha value is -1.88. The molecular weight excluding hydrogens is 342 g/mol. The average Bonchev–Trinajstić information content (AvgIpc) is 3.34. The molecule has 5 heteroatoms. The first-order chi connectivity index (χ1) is 12.8. The molecular formula is C21H27N3OS. The number of thiazole rings is 1. The Bertz CT molecular complexity index is 835. The van der Waals surface area contributed by atoms with Gasteiger partial charge in [-0.05, 0) is 50.7 Å². The average molecular weight is 370 g/mol. The van der Waals surface area contributed by atoms with Crippen molar-refractivity contribution in [3.63, 3.8) is 0 Å².